The summed E-state index contributed by atoms with van der Waals surface area (Å²) in [7, 11) is -1.44. The molecule has 0 bridgehead atoms. The zero-order chi connectivity index (χ0) is 16.2. The topological polar surface area (TPSA) is 76.6 Å². The maximum Gasteiger partial charge on any atom is 0.330 e. The van der Waals surface area contributed by atoms with Crippen LogP contribution in [0, 0.1) is 0 Å². The Kier molecular flexibility index (Phi) is 4.77. The molecule has 1 heterocycles. The van der Waals surface area contributed by atoms with E-state index in [-0.39, 0.29) is 5.56 Å². The first-order valence-electron chi connectivity index (χ1n) is 6.49. The molecular formula is C15H16N2O4S. The maximum atomic E-state index is 12.8. The number of rotatable bonds is 5. The first-order chi connectivity index (χ1) is 10.5. The zero-order valence-corrected chi connectivity index (χ0v) is 13.0. The molecule has 0 amide bonds. The Hall–Kier alpha value is -2.41. The van der Waals surface area contributed by atoms with Gasteiger partial charge >= 0.3 is 5.97 Å². The van der Waals surface area contributed by atoms with Crippen LogP contribution in [-0.4, -0.2) is 33.5 Å². The lowest BCUT2D eigenvalue weighted by Gasteiger charge is -2.24. The van der Waals surface area contributed by atoms with Crippen LogP contribution in [0.15, 0.2) is 54.9 Å². The van der Waals surface area contributed by atoms with E-state index < -0.39 is 21.2 Å². The van der Waals surface area contributed by atoms with E-state index in [9.17, 15) is 13.2 Å². The van der Waals surface area contributed by atoms with Crippen molar-refractivity contribution in [3.8, 4) is 0 Å². The van der Waals surface area contributed by atoms with Gasteiger partial charge in [-0.1, -0.05) is 24.3 Å². The number of methoxy groups -OCH3 is 1. The van der Waals surface area contributed by atoms with E-state index in [4.69, 9.17) is 0 Å². The molecule has 7 heteroatoms. The molecule has 2 rings (SSSR count). The number of nitrogens with zero attached hydrogens (tertiary/aromatic N) is 2. The highest BCUT2D eigenvalue weighted by Gasteiger charge is 2.38. The summed E-state index contributed by atoms with van der Waals surface area (Å²) in [5.41, 5.74) is 0.720. The van der Waals surface area contributed by atoms with Gasteiger partial charge in [0.05, 0.1) is 12.8 Å². The van der Waals surface area contributed by atoms with Crippen LogP contribution >= 0.6 is 0 Å². The standard InChI is InChI=1S/C15H16N2O4S/c1-17(13-8-4-3-5-9-13)22(19,20)14(15(18)21-2)12-7-6-10-16-11-12/h3-11,14H,1-2H3. The van der Waals surface area contributed by atoms with Crippen LogP contribution in [0.4, 0.5) is 5.69 Å². The molecule has 2 aromatic rings. The SMILES string of the molecule is COC(=O)C(c1cccnc1)S(=O)(=O)N(C)c1ccccc1. The van der Waals surface area contributed by atoms with Crippen LogP contribution in [0.1, 0.15) is 10.8 Å². The minimum atomic E-state index is -4.00. The maximum absolute atomic E-state index is 12.8. The first kappa shape index (κ1) is 16.0. The molecule has 0 fully saturated rings. The Labute approximate surface area is 129 Å². The highest BCUT2D eigenvalue weighted by molar-refractivity contribution is 7.93. The molecule has 0 aliphatic heterocycles. The second-order valence-corrected chi connectivity index (χ2v) is 6.59. The van der Waals surface area contributed by atoms with Gasteiger partial charge in [-0.3, -0.25) is 14.1 Å². The molecule has 22 heavy (non-hydrogen) atoms. The molecule has 0 N–H and O–H groups in total. The van der Waals surface area contributed by atoms with Crippen LogP contribution in [-0.2, 0) is 19.6 Å². The van der Waals surface area contributed by atoms with Gasteiger partial charge in [0, 0.05) is 25.0 Å². The van der Waals surface area contributed by atoms with Crippen molar-refractivity contribution >= 4 is 21.7 Å². The van der Waals surface area contributed by atoms with E-state index in [0.717, 1.165) is 11.4 Å². The summed E-state index contributed by atoms with van der Waals surface area (Å²) in [6.45, 7) is 0. The molecule has 116 valence electrons. The summed E-state index contributed by atoms with van der Waals surface area (Å²) >= 11 is 0. The fraction of sp³-hybridized carbons (Fsp3) is 0.200. The number of hydrogen-bond donors (Lipinski definition) is 0. The number of para-hydroxylation sites is 1. The van der Waals surface area contributed by atoms with Crippen molar-refractivity contribution in [1.29, 1.82) is 0 Å². The predicted octanol–water partition coefficient (Wildman–Crippen LogP) is 1.76. The smallest absolute Gasteiger partial charge is 0.330 e. The van der Waals surface area contributed by atoms with Gasteiger partial charge < -0.3 is 4.74 Å². The van der Waals surface area contributed by atoms with Gasteiger partial charge in [0.2, 0.25) is 5.25 Å². The van der Waals surface area contributed by atoms with Crippen molar-refractivity contribution in [1.82, 2.24) is 4.98 Å². The fourth-order valence-corrected chi connectivity index (χ4v) is 3.57. The second-order valence-electron chi connectivity index (χ2n) is 4.54. The molecule has 0 aliphatic carbocycles. The molecule has 0 spiro atoms. The number of aromatic nitrogens is 1. The molecule has 0 saturated carbocycles. The molecule has 0 aliphatic rings. The number of sulfonamides is 1. The predicted molar refractivity (Wildman–Crippen MR) is 82.8 cm³/mol. The van der Waals surface area contributed by atoms with Gasteiger partial charge in [0.25, 0.3) is 10.0 Å². The third kappa shape index (κ3) is 3.09. The lowest BCUT2D eigenvalue weighted by Crippen LogP contribution is -2.36. The van der Waals surface area contributed by atoms with E-state index in [1.807, 2.05) is 0 Å². The molecule has 1 aromatic carbocycles. The molecule has 1 unspecified atom stereocenters. The van der Waals surface area contributed by atoms with Gasteiger partial charge in [-0.15, -0.1) is 0 Å². The normalized spacial score (nSPS) is 12.5. The number of esters is 1. The summed E-state index contributed by atoms with van der Waals surface area (Å²) in [5, 5.41) is -1.46. The molecule has 1 atom stereocenters. The Balaban J connectivity index is 2.49. The third-order valence-corrected chi connectivity index (χ3v) is 5.24. The van der Waals surface area contributed by atoms with E-state index >= 15 is 0 Å². The largest absolute Gasteiger partial charge is 0.468 e. The third-order valence-electron chi connectivity index (χ3n) is 3.20. The fourth-order valence-electron chi connectivity index (χ4n) is 2.01. The van der Waals surface area contributed by atoms with Crippen molar-refractivity contribution in [2.24, 2.45) is 0 Å². The number of carbonyl (C=O) groups excluding carboxylic acids is 1. The zero-order valence-electron chi connectivity index (χ0n) is 12.2. The number of ether oxygens (including phenoxy) is 1. The Morgan fingerprint density at radius 3 is 2.41 bits per heavy atom. The van der Waals surface area contributed by atoms with Crippen LogP contribution in [0.3, 0.4) is 0 Å². The summed E-state index contributed by atoms with van der Waals surface area (Å²) in [4.78, 5) is 15.9. The van der Waals surface area contributed by atoms with Gasteiger partial charge in [-0.25, -0.2) is 8.42 Å². The van der Waals surface area contributed by atoms with E-state index in [1.165, 1.54) is 25.5 Å². The van der Waals surface area contributed by atoms with Crippen molar-refractivity contribution < 1.29 is 17.9 Å². The number of benzene rings is 1. The number of hydrogen-bond acceptors (Lipinski definition) is 5. The minimum absolute atomic E-state index is 0.261. The summed E-state index contributed by atoms with van der Waals surface area (Å²) in [5.74, 6) is -0.851. The molecular weight excluding hydrogens is 304 g/mol. The average molecular weight is 320 g/mol. The van der Waals surface area contributed by atoms with Crippen LogP contribution in [0.25, 0.3) is 0 Å². The van der Waals surface area contributed by atoms with Gasteiger partial charge in [-0.2, -0.15) is 0 Å². The number of pyridine rings is 1. The molecule has 0 radical (unpaired) electrons. The molecule has 1 aromatic heterocycles. The van der Waals surface area contributed by atoms with Crippen molar-refractivity contribution in [2.75, 3.05) is 18.5 Å². The van der Waals surface area contributed by atoms with Crippen molar-refractivity contribution in [3.63, 3.8) is 0 Å². The summed E-state index contributed by atoms with van der Waals surface area (Å²) in [6.07, 6.45) is 2.85. The van der Waals surface area contributed by atoms with E-state index in [0.29, 0.717) is 5.69 Å². The van der Waals surface area contributed by atoms with Gasteiger partial charge in [0.15, 0.2) is 0 Å². The molecule has 0 saturated heterocycles. The van der Waals surface area contributed by atoms with E-state index in [1.54, 1.807) is 36.4 Å². The summed E-state index contributed by atoms with van der Waals surface area (Å²) < 4.78 is 31.4. The van der Waals surface area contributed by atoms with Crippen LogP contribution in [0.5, 0.6) is 0 Å². The van der Waals surface area contributed by atoms with Crippen LogP contribution in [0.2, 0.25) is 0 Å². The van der Waals surface area contributed by atoms with Crippen molar-refractivity contribution in [3.05, 3.63) is 60.4 Å². The Morgan fingerprint density at radius 1 is 1.18 bits per heavy atom. The van der Waals surface area contributed by atoms with Crippen LogP contribution < -0.4 is 4.31 Å². The highest BCUT2D eigenvalue weighted by atomic mass is 32.2. The average Bonchev–Trinajstić information content (AvgIpc) is 2.55. The Bertz CT molecular complexity index is 733. The minimum Gasteiger partial charge on any atom is -0.468 e. The molecule has 6 nitrogen and oxygen atoms in total. The monoisotopic (exact) mass is 320 g/mol. The van der Waals surface area contributed by atoms with E-state index in [2.05, 4.69) is 9.72 Å². The quantitative estimate of drug-likeness (QED) is 0.785. The van der Waals surface area contributed by atoms with Gasteiger partial charge in [-0.05, 0) is 18.2 Å². The first-order valence-corrected chi connectivity index (χ1v) is 7.99. The highest BCUT2D eigenvalue weighted by Crippen LogP contribution is 2.29. The lowest BCUT2D eigenvalue weighted by molar-refractivity contribution is -0.140. The van der Waals surface area contributed by atoms with Crippen molar-refractivity contribution in [2.45, 2.75) is 5.25 Å². The Morgan fingerprint density at radius 2 is 1.86 bits per heavy atom. The number of carbonyl (C=O) groups is 1. The second kappa shape index (κ2) is 6.57. The van der Waals surface area contributed by atoms with Gasteiger partial charge in [0.1, 0.15) is 0 Å². The summed E-state index contributed by atoms with van der Waals surface area (Å²) in [6, 6.07) is 11.6. The lowest BCUT2D eigenvalue weighted by atomic mass is 10.2. The number of anilines is 1.